The molecule has 1 aromatic heterocycles. The van der Waals surface area contributed by atoms with Crippen molar-refractivity contribution >= 4 is 45.0 Å². The predicted molar refractivity (Wildman–Crippen MR) is 174 cm³/mol. The van der Waals surface area contributed by atoms with Crippen LogP contribution in [0.2, 0.25) is 10.0 Å². The molecule has 3 aromatic rings. The third-order valence-electron chi connectivity index (χ3n) is 6.33. The third kappa shape index (κ3) is 8.79. The quantitative estimate of drug-likeness (QED) is 0.330. The molecule has 4 rings (SSSR count). The van der Waals surface area contributed by atoms with Crippen molar-refractivity contribution in [3.8, 4) is 28.8 Å². The number of carbonyl (C=O) groups is 2. The summed E-state index contributed by atoms with van der Waals surface area (Å²) in [6.07, 6.45) is 0.533. The predicted octanol–water partition coefficient (Wildman–Crippen LogP) is 5.77. The number of amides is 2. The fourth-order valence-corrected chi connectivity index (χ4v) is 5.84. The Labute approximate surface area is 273 Å². The minimum Gasteiger partial charge on any atom is -0.444 e. The minimum atomic E-state index is -3.95. The number of nitrogens with zero attached hydrogens (tertiary/aromatic N) is 3. The second-order valence-corrected chi connectivity index (χ2v) is 15.5. The molecular weight excluding hydrogens is 639 g/mol. The van der Waals surface area contributed by atoms with E-state index < -0.39 is 26.9 Å². The summed E-state index contributed by atoms with van der Waals surface area (Å²) in [6.45, 7) is 11.8. The van der Waals surface area contributed by atoms with Crippen LogP contribution in [0.25, 0.3) is 16.9 Å². The Morgan fingerprint density at radius 2 is 1.69 bits per heavy atom. The molecule has 1 aliphatic rings. The second kappa shape index (κ2) is 13.0. The number of rotatable bonds is 6. The molecule has 0 aliphatic carbocycles. The molecule has 0 radical (unpaired) electrons. The zero-order valence-corrected chi connectivity index (χ0v) is 28.5. The molecular formula is C32H36Cl2N4O6S. The standard InChI is InChI=1S/C32H36Cl2N4O6S/c1-31(2,3)35-29(39)26-28(45(7,41)42)27(21-11-13-22(33)14-12-21)38(36-26)25-15-10-20(17-24(25)34)9-8-16-43-23-18-37(19-23)30(40)44-32(4,5)6/h10-15,17,23H,16,18-19H2,1-7H3,(H,35,39). The van der Waals surface area contributed by atoms with Crippen molar-refractivity contribution in [3.63, 3.8) is 0 Å². The molecule has 0 spiro atoms. The number of carbonyl (C=O) groups excluding carboxylic acids is 2. The van der Waals surface area contributed by atoms with Crippen molar-refractivity contribution in [1.29, 1.82) is 0 Å². The van der Waals surface area contributed by atoms with Gasteiger partial charge in [0.25, 0.3) is 5.91 Å². The molecule has 2 amide bonds. The van der Waals surface area contributed by atoms with Crippen molar-refractivity contribution in [2.45, 2.75) is 63.7 Å². The fraction of sp³-hybridized carbons (Fsp3) is 0.406. The van der Waals surface area contributed by atoms with Gasteiger partial charge in [0, 0.05) is 27.9 Å². The van der Waals surface area contributed by atoms with Crippen LogP contribution in [0.4, 0.5) is 4.79 Å². The Kier molecular flexibility index (Phi) is 9.95. The molecule has 2 aromatic carbocycles. The first-order valence-electron chi connectivity index (χ1n) is 14.1. The number of likely N-dealkylation sites (tertiary alicyclic amines) is 1. The number of halogens is 2. The maximum atomic E-state index is 13.3. The summed E-state index contributed by atoms with van der Waals surface area (Å²) in [5, 5.41) is 7.97. The molecule has 1 aliphatic heterocycles. The van der Waals surface area contributed by atoms with E-state index in [9.17, 15) is 18.0 Å². The average molecular weight is 676 g/mol. The molecule has 2 heterocycles. The van der Waals surface area contributed by atoms with Crippen LogP contribution in [-0.2, 0) is 19.3 Å². The minimum absolute atomic E-state index is 0.127. The van der Waals surface area contributed by atoms with E-state index in [-0.39, 0.29) is 40.1 Å². The first-order chi connectivity index (χ1) is 20.8. The maximum absolute atomic E-state index is 13.3. The number of aromatic nitrogens is 2. The molecule has 13 heteroatoms. The van der Waals surface area contributed by atoms with E-state index in [4.69, 9.17) is 32.7 Å². The SMILES string of the molecule is CC(C)(C)NC(=O)c1nn(-c2ccc(C#CCOC3CN(C(=O)OC(C)(C)C)C3)cc2Cl)c(-c2ccc(Cl)cc2)c1S(C)(=O)=O. The summed E-state index contributed by atoms with van der Waals surface area (Å²) in [5.74, 6) is 5.31. The molecule has 10 nitrogen and oxygen atoms in total. The van der Waals surface area contributed by atoms with Gasteiger partial charge >= 0.3 is 6.09 Å². The molecule has 240 valence electrons. The van der Waals surface area contributed by atoms with Crippen molar-refractivity contribution in [2.24, 2.45) is 0 Å². The van der Waals surface area contributed by atoms with E-state index in [2.05, 4.69) is 22.3 Å². The summed E-state index contributed by atoms with van der Waals surface area (Å²) in [6, 6.07) is 11.5. The van der Waals surface area contributed by atoms with Crippen LogP contribution in [0.1, 0.15) is 57.6 Å². The van der Waals surface area contributed by atoms with Gasteiger partial charge in [0.15, 0.2) is 15.5 Å². The average Bonchev–Trinajstić information content (AvgIpc) is 3.27. The van der Waals surface area contributed by atoms with Crippen molar-refractivity contribution in [2.75, 3.05) is 26.0 Å². The van der Waals surface area contributed by atoms with Gasteiger partial charge in [-0.25, -0.2) is 17.9 Å². The lowest BCUT2D eigenvalue weighted by Crippen LogP contribution is -2.55. The van der Waals surface area contributed by atoms with Gasteiger partial charge in [-0.3, -0.25) is 4.79 Å². The first kappa shape index (κ1) is 34.3. The van der Waals surface area contributed by atoms with E-state index in [1.165, 1.54) is 4.68 Å². The summed E-state index contributed by atoms with van der Waals surface area (Å²) >= 11 is 12.8. The summed E-state index contributed by atoms with van der Waals surface area (Å²) < 4.78 is 38.7. The van der Waals surface area contributed by atoms with Gasteiger partial charge < -0.3 is 19.7 Å². The summed E-state index contributed by atoms with van der Waals surface area (Å²) in [4.78, 5) is 26.7. The molecule has 0 unspecified atom stereocenters. The van der Waals surface area contributed by atoms with Gasteiger partial charge in [-0.1, -0.05) is 47.2 Å². The maximum Gasteiger partial charge on any atom is 0.410 e. The van der Waals surface area contributed by atoms with E-state index in [1.54, 1.807) is 68.1 Å². The lowest BCUT2D eigenvalue weighted by Gasteiger charge is -2.39. The van der Waals surface area contributed by atoms with Crippen molar-refractivity contribution < 1.29 is 27.5 Å². The topological polar surface area (TPSA) is 120 Å². The highest BCUT2D eigenvalue weighted by atomic mass is 35.5. The zero-order valence-electron chi connectivity index (χ0n) is 26.2. The number of nitrogens with one attached hydrogen (secondary N) is 1. The van der Waals surface area contributed by atoms with Crippen LogP contribution in [0.5, 0.6) is 0 Å². The molecule has 45 heavy (non-hydrogen) atoms. The molecule has 0 atom stereocenters. The zero-order chi connectivity index (χ0) is 33.3. The van der Waals surface area contributed by atoms with Crippen LogP contribution in [0.3, 0.4) is 0 Å². The summed E-state index contributed by atoms with van der Waals surface area (Å²) in [5.41, 5.74) is 0.123. The second-order valence-electron chi connectivity index (χ2n) is 12.7. The van der Waals surface area contributed by atoms with Gasteiger partial charge in [0.1, 0.15) is 17.1 Å². The monoisotopic (exact) mass is 674 g/mol. The highest BCUT2D eigenvalue weighted by molar-refractivity contribution is 7.91. The molecule has 0 bridgehead atoms. The van der Waals surface area contributed by atoms with Crippen LogP contribution >= 0.6 is 23.2 Å². The van der Waals surface area contributed by atoms with Gasteiger partial charge in [0.2, 0.25) is 0 Å². The lowest BCUT2D eigenvalue weighted by atomic mass is 10.1. The number of hydrogen-bond acceptors (Lipinski definition) is 7. The van der Waals surface area contributed by atoms with Crippen LogP contribution < -0.4 is 5.32 Å². The summed E-state index contributed by atoms with van der Waals surface area (Å²) in [7, 11) is -3.95. The van der Waals surface area contributed by atoms with Gasteiger partial charge in [-0.2, -0.15) is 5.10 Å². The van der Waals surface area contributed by atoms with Crippen LogP contribution in [-0.4, -0.2) is 78.3 Å². The van der Waals surface area contributed by atoms with Crippen LogP contribution in [0.15, 0.2) is 47.4 Å². The molecule has 0 saturated carbocycles. The highest BCUT2D eigenvalue weighted by Crippen LogP contribution is 2.35. The normalized spacial score (nSPS) is 13.9. The van der Waals surface area contributed by atoms with Crippen molar-refractivity contribution in [3.05, 3.63) is 63.8 Å². The Morgan fingerprint density at radius 1 is 1.04 bits per heavy atom. The Hall–Kier alpha value is -3.56. The van der Waals surface area contributed by atoms with Gasteiger partial charge in [0.05, 0.1) is 35.6 Å². The molecule has 1 fully saturated rings. The lowest BCUT2D eigenvalue weighted by molar-refractivity contribution is -0.0545. The van der Waals surface area contributed by atoms with Gasteiger partial charge in [-0.15, -0.1) is 0 Å². The van der Waals surface area contributed by atoms with E-state index in [1.807, 2.05) is 20.8 Å². The van der Waals surface area contributed by atoms with E-state index in [0.717, 1.165) is 6.26 Å². The molecule has 1 saturated heterocycles. The number of hydrogen-bond donors (Lipinski definition) is 1. The highest BCUT2D eigenvalue weighted by Gasteiger charge is 2.35. The Morgan fingerprint density at radius 3 is 2.24 bits per heavy atom. The number of ether oxygens (including phenoxy) is 2. The third-order valence-corrected chi connectivity index (χ3v) is 8.02. The Balaban J connectivity index is 1.60. The fourth-order valence-electron chi connectivity index (χ4n) is 4.41. The largest absolute Gasteiger partial charge is 0.444 e. The van der Waals surface area contributed by atoms with Crippen molar-refractivity contribution in [1.82, 2.24) is 20.0 Å². The van der Waals surface area contributed by atoms with E-state index >= 15 is 0 Å². The number of sulfone groups is 1. The van der Waals surface area contributed by atoms with Crippen LogP contribution in [0, 0.1) is 11.8 Å². The smallest absolute Gasteiger partial charge is 0.410 e. The Bertz CT molecular complexity index is 1770. The molecule has 1 N–H and O–H groups in total. The number of benzene rings is 2. The van der Waals surface area contributed by atoms with Gasteiger partial charge in [-0.05, 0) is 71.9 Å². The van der Waals surface area contributed by atoms with E-state index in [0.29, 0.717) is 34.9 Å². The first-order valence-corrected chi connectivity index (χ1v) is 16.8.